The van der Waals surface area contributed by atoms with E-state index < -0.39 is 11.9 Å². The molecule has 8 heteroatoms. The fraction of sp³-hybridized carbons (Fsp3) is 0.160. The maximum atomic E-state index is 13.1. The molecule has 5 rings (SSSR count). The molecule has 0 amide bonds. The number of hydrogen-bond acceptors (Lipinski definition) is 8. The SMILES string of the molecule is COc1ccc(-c2noc(COC(=O)C3c4ccccc4Oc4ccccc43)n2)cc1OC. The predicted molar refractivity (Wildman–Crippen MR) is 117 cm³/mol. The molecule has 0 aliphatic carbocycles. The van der Waals surface area contributed by atoms with Crippen molar-refractivity contribution >= 4 is 5.97 Å². The van der Waals surface area contributed by atoms with Crippen LogP contribution < -0.4 is 14.2 Å². The number of benzene rings is 3. The lowest BCUT2D eigenvalue weighted by molar-refractivity contribution is -0.146. The molecule has 33 heavy (non-hydrogen) atoms. The van der Waals surface area contributed by atoms with Gasteiger partial charge in [0.25, 0.3) is 5.89 Å². The molecule has 0 radical (unpaired) electrons. The van der Waals surface area contributed by atoms with Crippen LogP contribution in [0.3, 0.4) is 0 Å². The van der Waals surface area contributed by atoms with Gasteiger partial charge in [0.1, 0.15) is 17.4 Å². The van der Waals surface area contributed by atoms with Crippen LogP contribution in [0.5, 0.6) is 23.0 Å². The first kappa shape index (κ1) is 20.6. The molecule has 1 aliphatic heterocycles. The largest absolute Gasteiger partial charge is 0.493 e. The lowest BCUT2D eigenvalue weighted by atomic mass is 9.88. The standard InChI is InChI=1S/C25H20N2O6/c1-29-20-12-11-15(13-21(20)30-2)24-26-22(33-27-24)14-31-25(28)23-16-7-3-5-9-18(16)32-19-10-6-4-8-17(19)23/h3-13,23H,14H2,1-2H3. The zero-order valence-electron chi connectivity index (χ0n) is 18.0. The highest BCUT2D eigenvalue weighted by molar-refractivity contribution is 5.85. The summed E-state index contributed by atoms with van der Waals surface area (Å²) in [5, 5.41) is 3.99. The topological polar surface area (TPSA) is 92.9 Å². The molecule has 0 atom stereocenters. The van der Waals surface area contributed by atoms with Crippen molar-refractivity contribution in [2.24, 2.45) is 0 Å². The smallest absolute Gasteiger partial charge is 0.318 e. The van der Waals surface area contributed by atoms with Crippen molar-refractivity contribution in [1.29, 1.82) is 0 Å². The van der Waals surface area contributed by atoms with E-state index in [0.717, 1.165) is 11.1 Å². The van der Waals surface area contributed by atoms with Gasteiger partial charge >= 0.3 is 5.97 Å². The molecule has 0 bridgehead atoms. The number of esters is 1. The Morgan fingerprint density at radius 2 is 1.58 bits per heavy atom. The van der Waals surface area contributed by atoms with Gasteiger partial charge in [0.15, 0.2) is 18.1 Å². The van der Waals surface area contributed by atoms with Crippen molar-refractivity contribution in [2.45, 2.75) is 12.5 Å². The van der Waals surface area contributed by atoms with Crippen LogP contribution in [0.2, 0.25) is 0 Å². The minimum absolute atomic E-state index is 0.152. The third-order valence-corrected chi connectivity index (χ3v) is 5.36. The maximum absolute atomic E-state index is 13.1. The summed E-state index contributed by atoms with van der Waals surface area (Å²) in [6.45, 7) is -0.152. The molecule has 0 unspecified atom stereocenters. The minimum atomic E-state index is -0.612. The minimum Gasteiger partial charge on any atom is -0.493 e. The Labute approximate surface area is 189 Å². The molecule has 1 aliphatic rings. The highest BCUT2D eigenvalue weighted by Crippen LogP contribution is 2.44. The molecule has 4 aromatic rings. The molecule has 1 aromatic heterocycles. The highest BCUT2D eigenvalue weighted by atomic mass is 16.6. The van der Waals surface area contributed by atoms with E-state index in [1.165, 1.54) is 0 Å². The van der Waals surface area contributed by atoms with E-state index in [1.54, 1.807) is 32.4 Å². The van der Waals surface area contributed by atoms with Crippen LogP contribution in [0.1, 0.15) is 22.9 Å². The Kier molecular flexibility index (Phi) is 5.40. The zero-order valence-corrected chi connectivity index (χ0v) is 18.0. The fourth-order valence-corrected chi connectivity index (χ4v) is 3.79. The molecule has 3 aromatic carbocycles. The maximum Gasteiger partial charge on any atom is 0.318 e. The summed E-state index contributed by atoms with van der Waals surface area (Å²) in [4.78, 5) is 17.5. The van der Waals surface area contributed by atoms with Gasteiger partial charge in [-0.2, -0.15) is 4.98 Å². The number of carbonyl (C=O) groups excluding carboxylic acids is 1. The van der Waals surface area contributed by atoms with Crippen molar-refractivity contribution in [3.63, 3.8) is 0 Å². The van der Waals surface area contributed by atoms with Crippen LogP contribution in [0, 0.1) is 0 Å². The quantitative estimate of drug-likeness (QED) is 0.394. The van der Waals surface area contributed by atoms with Crippen LogP contribution in [-0.2, 0) is 16.1 Å². The molecule has 2 heterocycles. The Bertz CT molecular complexity index is 1270. The second kappa shape index (κ2) is 8.66. The third kappa shape index (κ3) is 3.87. The molecule has 0 spiro atoms. The van der Waals surface area contributed by atoms with E-state index in [9.17, 15) is 4.79 Å². The number of methoxy groups -OCH3 is 2. The number of hydrogen-bond donors (Lipinski definition) is 0. The van der Waals surface area contributed by atoms with E-state index in [2.05, 4.69) is 10.1 Å². The van der Waals surface area contributed by atoms with Crippen molar-refractivity contribution < 1.29 is 28.3 Å². The fourth-order valence-electron chi connectivity index (χ4n) is 3.79. The molecule has 0 saturated carbocycles. The molecule has 166 valence electrons. The summed E-state index contributed by atoms with van der Waals surface area (Å²) >= 11 is 0. The Hall–Kier alpha value is -4.33. The highest BCUT2D eigenvalue weighted by Gasteiger charge is 2.33. The van der Waals surface area contributed by atoms with Crippen LogP contribution in [-0.4, -0.2) is 30.3 Å². The van der Waals surface area contributed by atoms with Gasteiger partial charge in [0, 0.05) is 16.7 Å². The molecule has 0 N–H and O–H groups in total. The van der Waals surface area contributed by atoms with Gasteiger partial charge in [-0.05, 0) is 30.3 Å². The summed E-state index contributed by atoms with van der Waals surface area (Å²) in [6, 6.07) is 20.1. The number of ether oxygens (including phenoxy) is 4. The molecule has 0 fully saturated rings. The first-order valence-electron chi connectivity index (χ1n) is 10.2. The second-order valence-corrected chi connectivity index (χ2v) is 7.30. The van der Waals surface area contributed by atoms with E-state index in [0.29, 0.717) is 34.4 Å². The van der Waals surface area contributed by atoms with Gasteiger partial charge in [-0.1, -0.05) is 41.6 Å². The average molecular weight is 444 g/mol. The first-order valence-corrected chi connectivity index (χ1v) is 10.2. The lowest BCUT2D eigenvalue weighted by Crippen LogP contribution is -2.21. The molecular formula is C25H20N2O6. The summed E-state index contributed by atoms with van der Waals surface area (Å²) in [5.41, 5.74) is 2.18. The summed E-state index contributed by atoms with van der Waals surface area (Å²) in [6.07, 6.45) is 0. The molecule has 0 saturated heterocycles. The lowest BCUT2D eigenvalue weighted by Gasteiger charge is -2.26. The number of fused-ring (bicyclic) bond motifs is 2. The average Bonchev–Trinajstić information content (AvgIpc) is 3.34. The van der Waals surface area contributed by atoms with Crippen LogP contribution in [0.15, 0.2) is 71.3 Å². The Morgan fingerprint density at radius 3 is 2.24 bits per heavy atom. The zero-order chi connectivity index (χ0) is 22.8. The van der Waals surface area contributed by atoms with Gasteiger partial charge in [-0.3, -0.25) is 4.79 Å². The number of nitrogens with zero attached hydrogens (tertiary/aromatic N) is 2. The van der Waals surface area contributed by atoms with Crippen molar-refractivity contribution in [2.75, 3.05) is 14.2 Å². The van der Waals surface area contributed by atoms with Gasteiger partial charge in [0.05, 0.1) is 14.2 Å². The summed E-state index contributed by atoms with van der Waals surface area (Å²) in [5.74, 6) is 1.90. The van der Waals surface area contributed by atoms with Crippen molar-refractivity contribution in [3.8, 4) is 34.4 Å². The Balaban J connectivity index is 1.35. The number of aromatic nitrogens is 2. The van der Waals surface area contributed by atoms with Crippen molar-refractivity contribution in [3.05, 3.63) is 83.7 Å². The monoisotopic (exact) mass is 444 g/mol. The third-order valence-electron chi connectivity index (χ3n) is 5.36. The van der Waals surface area contributed by atoms with Gasteiger partial charge in [0.2, 0.25) is 5.82 Å². The number of para-hydroxylation sites is 2. The summed E-state index contributed by atoms with van der Waals surface area (Å²) in [7, 11) is 3.11. The van der Waals surface area contributed by atoms with Gasteiger partial charge in [-0.15, -0.1) is 0 Å². The van der Waals surface area contributed by atoms with E-state index in [1.807, 2.05) is 48.5 Å². The summed E-state index contributed by atoms with van der Waals surface area (Å²) < 4.78 is 27.4. The van der Waals surface area contributed by atoms with Gasteiger partial charge in [-0.25, -0.2) is 0 Å². The first-order chi connectivity index (χ1) is 16.2. The van der Waals surface area contributed by atoms with Crippen molar-refractivity contribution in [1.82, 2.24) is 10.1 Å². The van der Waals surface area contributed by atoms with Crippen LogP contribution >= 0.6 is 0 Å². The normalized spacial score (nSPS) is 12.3. The van der Waals surface area contributed by atoms with Crippen LogP contribution in [0.25, 0.3) is 11.4 Å². The van der Waals surface area contributed by atoms with E-state index in [-0.39, 0.29) is 12.5 Å². The second-order valence-electron chi connectivity index (χ2n) is 7.30. The Morgan fingerprint density at radius 1 is 0.909 bits per heavy atom. The van der Waals surface area contributed by atoms with Crippen LogP contribution in [0.4, 0.5) is 0 Å². The molecular weight excluding hydrogens is 424 g/mol. The number of carbonyl (C=O) groups is 1. The predicted octanol–water partition coefficient (Wildman–Crippen LogP) is 4.73. The molecule has 8 nitrogen and oxygen atoms in total. The van der Waals surface area contributed by atoms with Gasteiger partial charge < -0.3 is 23.5 Å². The van der Waals surface area contributed by atoms with E-state index in [4.69, 9.17) is 23.5 Å². The number of rotatable bonds is 6. The van der Waals surface area contributed by atoms with E-state index >= 15 is 0 Å².